The Labute approximate surface area is 104 Å². The monoisotopic (exact) mass is 252 g/mol. The van der Waals surface area contributed by atoms with E-state index in [0.29, 0.717) is 0 Å². The maximum atomic E-state index is 5.91. The maximum Gasteiger partial charge on any atom is 0.0932 e. The van der Waals surface area contributed by atoms with Gasteiger partial charge in [-0.05, 0) is 38.1 Å². The molecule has 0 aliphatic rings. The highest BCUT2D eigenvalue weighted by molar-refractivity contribution is 7.16. The molecule has 0 saturated heterocycles. The number of aryl methyl sites for hydroxylation is 1. The summed E-state index contributed by atoms with van der Waals surface area (Å²) in [6, 6.07) is 8.25. The van der Waals surface area contributed by atoms with Crippen molar-refractivity contribution >= 4 is 28.6 Å². The molecule has 0 radical (unpaired) electrons. The van der Waals surface area contributed by atoms with Crippen molar-refractivity contribution < 1.29 is 0 Å². The van der Waals surface area contributed by atoms with Crippen molar-refractivity contribution in [1.82, 2.24) is 4.98 Å². The molecule has 0 amide bonds. The molecule has 0 aliphatic carbocycles. The lowest BCUT2D eigenvalue weighted by atomic mass is 10.2. The van der Waals surface area contributed by atoms with Gasteiger partial charge in [-0.3, -0.25) is 4.98 Å². The summed E-state index contributed by atoms with van der Waals surface area (Å²) < 4.78 is 0.828. The zero-order chi connectivity index (χ0) is 11.5. The lowest BCUT2D eigenvalue weighted by molar-refractivity contribution is 0.906. The standard InChI is InChI=1S/C12H13ClN2S/c1-8-7-10(5-6-14-8)15-9(2)11-3-4-12(13)16-11/h3-7,9H,1-2H3,(H,14,15). The average molecular weight is 253 g/mol. The molecule has 1 unspecified atom stereocenters. The Kier molecular flexibility index (Phi) is 3.46. The number of nitrogens with one attached hydrogen (secondary N) is 1. The van der Waals surface area contributed by atoms with E-state index in [9.17, 15) is 0 Å². The van der Waals surface area contributed by atoms with Gasteiger partial charge in [0.1, 0.15) is 0 Å². The summed E-state index contributed by atoms with van der Waals surface area (Å²) in [7, 11) is 0. The molecule has 84 valence electrons. The highest BCUT2D eigenvalue weighted by Gasteiger charge is 2.07. The average Bonchev–Trinajstić information content (AvgIpc) is 2.65. The summed E-state index contributed by atoms with van der Waals surface area (Å²) >= 11 is 7.52. The van der Waals surface area contributed by atoms with Crippen LogP contribution in [0.3, 0.4) is 0 Å². The first kappa shape index (κ1) is 11.4. The molecular formula is C12H13ClN2S. The topological polar surface area (TPSA) is 24.9 Å². The summed E-state index contributed by atoms with van der Waals surface area (Å²) in [5.74, 6) is 0. The van der Waals surface area contributed by atoms with E-state index < -0.39 is 0 Å². The van der Waals surface area contributed by atoms with Crippen LogP contribution in [0.15, 0.2) is 30.5 Å². The normalized spacial score (nSPS) is 12.4. The van der Waals surface area contributed by atoms with Crippen LogP contribution in [0.1, 0.15) is 23.5 Å². The summed E-state index contributed by atoms with van der Waals surface area (Å²) in [6.45, 7) is 4.11. The van der Waals surface area contributed by atoms with E-state index in [0.717, 1.165) is 15.7 Å². The van der Waals surface area contributed by atoms with Crippen molar-refractivity contribution in [1.29, 1.82) is 0 Å². The molecule has 0 aromatic carbocycles. The summed E-state index contributed by atoms with van der Waals surface area (Å²) in [5, 5.41) is 3.42. The molecular weight excluding hydrogens is 240 g/mol. The fraction of sp³-hybridized carbons (Fsp3) is 0.250. The van der Waals surface area contributed by atoms with E-state index in [1.54, 1.807) is 11.3 Å². The minimum Gasteiger partial charge on any atom is -0.378 e. The molecule has 2 aromatic rings. The molecule has 0 spiro atoms. The zero-order valence-corrected chi connectivity index (χ0v) is 10.8. The third kappa shape index (κ3) is 2.74. The van der Waals surface area contributed by atoms with Gasteiger partial charge in [-0.1, -0.05) is 11.6 Å². The predicted octanol–water partition coefficient (Wildman–Crippen LogP) is 4.28. The Balaban J connectivity index is 2.10. The predicted molar refractivity (Wildman–Crippen MR) is 70.3 cm³/mol. The number of anilines is 1. The van der Waals surface area contributed by atoms with E-state index in [4.69, 9.17) is 11.6 Å². The van der Waals surface area contributed by atoms with Gasteiger partial charge in [0.25, 0.3) is 0 Å². The number of rotatable bonds is 3. The number of hydrogen-bond donors (Lipinski definition) is 1. The fourth-order valence-corrected chi connectivity index (χ4v) is 2.58. The Hall–Kier alpha value is -1.06. The molecule has 1 atom stereocenters. The Bertz CT molecular complexity index is 481. The van der Waals surface area contributed by atoms with Crippen LogP contribution < -0.4 is 5.32 Å². The molecule has 4 heteroatoms. The summed E-state index contributed by atoms with van der Waals surface area (Å²) in [6.07, 6.45) is 1.81. The maximum absolute atomic E-state index is 5.91. The largest absolute Gasteiger partial charge is 0.378 e. The highest BCUT2D eigenvalue weighted by Crippen LogP contribution is 2.28. The van der Waals surface area contributed by atoms with E-state index in [2.05, 4.69) is 23.3 Å². The third-order valence-electron chi connectivity index (χ3n) is 2.30. The zero-order valence-electron chi connectivity index (χ0n) is 9.20. The first-order valence-corrected chi connectivity index (χ1v) is 6.29. The molecule has 2 heterocycles. The van der Waals surface area contributed by atoms with Gasteiger partial charge in [-0.2, -0.15) is 0 Å². The molecule has 0 fully saturated rings. The summed E-state index contributed by atoms with van der Waals surface area (Å²) in [4.78, 5) is 5.40. The third-order valence-corrected chi connectivity index (χ3v) is 3.71. The van der Waals surface area contributed by atoms with Gasteiger partial charge in [0.05, 0.1) is 10.4 Å². The molecule has 0 aliphatic heterocycles. The second-order valence-corrected chi connectivity index (χ2v) is 5.44. The minimum absolute atomic E-state index is 0.263. The van der Waals surface area contributed by atoms with Crippen molar-refractivity contribution in [2.75, 3.05) is 5.32 Å². The van der Waals surface area contributed by atoms with Gasteiger partial charge in [-0.15, -0.1) is 11.3 Å². The Morgan fingerprint density at radius 1 is 1.38 bits per heavy atom. The van der Waals surface area contributed by atoms with Crippen LogP contribution in [-0.4, -0.2) is 4.98 Å². The second-order valence-electron chi connectivity index (χ2n) is 3.69. The number of pyridine rings is 1. The van der Waals surface area contributed by atoms with Crippen molar-refractivity contribution in [3.8, 4) is 0 Å². The first-order valence-electron chi connectivity index (χ1n) is 5.09. The van der Waals surface area contributed by atoms with Gasteiger partial charge in [0.2, 0.25) is 0 Å². The SMILES string of the molecule is Cc1cc(NC(C)c2ccc(Cl)s2)ccn1. The lowest BCUT2D eigenvalue weighted by Gasteiger charge is -2.13. The van der Waals surface area contributed by atoms with Crippen molar-refractivity contribution in [2.24, 2.45) is 0 Å². The van der Waals surface area contributed by atoms with Crippen LogP contribution in [0, 0.1) is 6.92 Å². The number of thiophene rings is 1. The van der Waals surface area contributed by atoms with Gasteiger partial charge in [0, 0.05) is 22.5 Å². The number of halogens is 1. The molecule has 0 saturated carbocycles. The number of hydrogen-bond acceptors (Lipinski definition) is 3. The molecule has 2 rings (SSSR count). The second kappa shape index (κ2) is 4.85. The molecule has 2 aromatic heterocycles. The van der Waals surface area contributed by atoms with Gasteiger partial charge >= 0.3 is 0 Å². The van der Waals surface area contributed by atoms with E-state index in [1.807, 2.05) is 31.3 Å². The van der Waals surface area contributed by atoms with E-state index in [-0.39, 0.29) is 6.04 Å². The van der Waals surface area contributed by atoms with Crippen molar-refractivity contribution in [3.05, 3.63) is 45.4 Å². The molecule has 1 N–H and O–H groups in total. The fourth-order valence-electron chi connectivity index (χ4n) is 1.52. The van der Waals surface area contributed by atoms with Gasteiger partial charge in [0.15, 0.2) is 0 Å². The highest BCUT2D eigenvalue weighted by atomic mass is 35.5. The molecule has 16 heavy (non-hydrogen) atoms. The quantitative estimate of drug-likeness (QED) is 0.882. The van der Waals surface area contributed by atoms with Crippen molar-refractivity contribution in [3.63, 3.8) is 0 Å². The van der Waals surface area contributed by atoms with Crippen LogP contribution in [0.5, 0.6) is 0 Å². The van der Waals surface area contributed by atoms with E-state index >= 15 is 0 Å². The minimum atomic E-state index is 0.263. The molecule has 0 bridgehead atoms. The Morgan fingerprint density at radius 2 is 2.19 bits per heavy atom. The Morgan fingerprint density at radius 3 is 2.81 bits per heavy atom. The number of aromatic nitrogens is 1. The van der Waals surface area contributed by atoms with Crippen LogP contribution in [-0.2, 0) is 0 Å². The van der Waals surface area contributed by atoms with Crippen LogP contribution >= 0.6 is 22.9 Å². The van der Waals surface area contributed by atoms with Gasteiger partial charge < -0.3 is 5.32 Å². The van der Waals surface area contributed by atoms with Crippen LogP contribution in [0.2, 0.25) is 4.34 Å². The first-order chi connectivity index (χ1) is 7.65. The van der Waals surface area contributed by atoms with Crippen molar-refractivity contribution in [2.45, 2.75) is 19.9 Å². The van der Waals surface area contributed by atoms with E-state index in [1.165, 1.54) is 4.88 Å². The van der Waals surface area contributed by atoms with Crippen LogP contribution in [0.4, 0.5) is 5.69 Å². The van der Waals surface area contributed by atoms with Gasteiger partial charge in [-0.25, -0.2) is 0 Å². The number of nitrogens with zero attached hydrogens (tertiary/aromatic N) is 1. The molecule has 2 nitrogen and oxygen atoms in total. The smallest absolute Gasteiger partial charge is 0.0932 e. The lowest BCUT2D eigenvalue weighted by Crippen LogP contribution is -2.04. The van der Waals surface area contributed by atoms with Crippen LogP contribution in [0.25, 0.3) is 0 Å². The summed E-state index contributed by atoms with van der Waals surface area (Å²) in [5.41, 5.74) is 2.10.